The molecule has 0 N–H and O–H groups in total. The Balaban J connectivity index is 4.40. The van der Waals surface area contributed by atoms with Crippen LogP contribution in [0.1, 0.15) is 66.7 Å². The molecule has 0 radical (unpaired) electrons. The van der Waals surface area contributed by atoms with Crippen molar-refractivity contribution >= 4 is 0 Å². The molecular weight excluding hydrogens is 180 g/mol. The first-order chi connectivity index (χ1) is 7.06. The Hall–Kier alpha value is -0.260. The Kier molecular flexibility index (Phi) is 7.82. The van der Waals surface area contributed by atoms with E-state index in [0.29, 0.717) is 0 Å². The van der Waals surface area contributed by atoms with E-state index in [1.807, 2.05) is 0 Å². The third-order valence-electron chi connectivity index (χ3n) is 3.74. The molecule has 0 aliphatic carbocycles. The molecule has 0 saturated heterocycles. The number of hydrogen-bond acceptors (Lipinski definition) is 0. The molecule has 0 aliphatic rings. The highest BCUT2D eigenvalue weighted by atomic mass is 14.3. The summed E-state index contributed by atoms with van der Waals surface area (Å²) < 4.78 is 0. The Morgan fingerprint density at radius 2 is 1.73 bits per heavy atom. The van der Waals surface area contributed by atoms with Gasteiger partial charge in [0.25, 0.3) is 0 Å². The Morgan fingerprint density at radius 3 is 2.07 bits per heavy atom. The predicted molar refractivity (Wildman–Crippen MR) is 71.1 cm³/mol. The van der Waals surface area contributed by atoms with Crippen molar-refractivity contribution in [2.75, 3.05) is 0 Å². The fraction of sp³-hybridized carbons (Fsp3) is 0.867. The van der Waals surface area contributed by atoms with Crippen molar-refractivity contribution < 1.29 is 0 Å². The van der Waals surface area contributed by atoms with E-state index in [-0.39, 0.29) is 0 Å². The van der Waals surface area contributed by atoms with Gasteiger partial charge in [0, 0.05) is 0 Å². The Morgan fingerprint density at radius 1 is 1.13 bits per heavy atom. The van der Waals surface area contributed by atoms with Crippen LogP contribution in [-0.4, -0.2) is 0 Å². The predicted octanol–water partition coefficient (Wildman–Crippen LogP) is 5.44. The van der Waals surface area contributed by atoms with E-state index in [1.54, 1.807) is 0 Å². The maximum Gasteiger partial charge on any atom is -0.0178 e. The molecule has 0 aromatic rings. The van der Waals surface area contributed by atoms with Crippen LogP contribution >= 0.6 is 0 Å². The standard InChI is InChI=1S/C15H30/c1-7-10-14(9-3)15(12(4)5)11-13(6)8-2/h13-15H,4,7-11H2,1-3,5-6H3. The van der Waals surface area contributed by atoms with Crippen LogP contribution in [-0.2, 0) is 0 Å². The summed E-state index contributed by atoms with van der Waals surface area (Å²) >= 11 is 0. The molecule has 0 fully saturated rings. The maximum absolute atomic E-state index is 4.19. The number of hydrogen-bond donors (Lipinski definition) is 0. The highest BCUT2D eigenvalue weighted by Crippen LogP contribution is 2.32. The highest BCUT2D eigenvalue weighted by molar-refractivity contribution is 4.99. The maximum atomic E-state index is 4.19. The van der Waals surface area contributed by atoms with Gasteiger partial charge >= 0.3 is 0 Å². The van der Waals surface area contributed by atoms with Gasteiger partial charge in [-0.3, -0.25) is 0 Å². The summed E-state index contributed by atoms with van der Waals surface area (Å²) in [5.74, 6) is 2.46. The number of allylic oxidation sites excluding steroid dienone is 1. The van der Waals surface area contributed by atoms with Gasteiger partial charge in [-0.2, -0.15) is 0 Å². The second-order valence-corrected chi connectivity index (χ2v) is 5.16. The monoisotopic (exact) mass is 210 g/mol. The summed E-state index contributed by atoms with van der Waals surface area (Å²) in [5, 5.41) is 0. The summed E-state index contributed by atoms with van der Waals surface area (Å²) in [7, 11) is 0. The zero-order chi connectivity index (χ0) is 11.8. The molecule has 3 atom stereocenters. The SMILES string of the molecule is C=C(C)C(CC(C)CC)C(CC)CCC. The Labute approximate surface area is 97.2 Å². The fourth-order valence-corrected chi connectivity index (χ4v) is 2.46. The van der Waals surface area contributed by atoms with Crippen LogP contribution in [0.5, 0.6) is 0 Å². The molecule has 90 valence electrons. The lowest BCUT2D eigenvalue weighted by atomic mass is 9.77. The molecule has 0 nitrogen and oxygen atoms in total. The van der Waals surface area contributed by atoms with Crippen molar-refractivity contribution in [1.82, 2.24) is 0 Å². The van der Waals surface area contributed by atoms with Crippen molar-refractivity contribution in [2.24, 2.45) is 17.8 Å². The molecule has 0 amide bonds. The van der Waals surface area contributed by atoms with Crippen LogP contribution in [0.25, 0.3) is 0 Å². The van der Waals surface area contributed by atoms with Crippen LogP contribution in [0.4, 0.5) is 0 Å². The van der Waals surface area contributed by atoms with Gasteiger partial charge in [-0.05, 0) is 31.1 Å². The smallest absolute Gasteiger partial charge is 0.0178 e. The van der Waals surface area contributed by atoms with Gasteiger partial charge in [-0.1, -0.05) is 65.5 Å². The third-order valence-corrected chi connectivity index (χ3v) is 3.74. The van der Waals surface area contributed by atoms with Crippen molar-refractivity contribution in [3.05, 3.63) is 12.2 Å². The van der Waals surface area contributed by atoms with Gasteiger partial charge in [0.15, 0.2) is 0 Å². The zero-order valence-electron chi connectivity index (χ0n) is 11.5. The average molecular weight is 210 g/mol. The minimum absolute atomic E-state index is 0.755. The second kappa shape index (κ2) is 7.96. The minimum Gasteiger partial charge on any atom is -0.0999 e. The molecule has 0 bridgehead atoms. The lowest BCUT2D eigenvalue weighted by molar-refractivity contribution is 0.285. The van der Waals surface area contributed by atoms with Crippen LogP contribution in [0.15, 0.2) is 12.2 Å². The van der Waals surface area contributed by atoms with Gasteiger partial charge in [-0.15, -0.1) is 0 Å². The van der Waals surface area contributed by atoms with E-state index < -0.39 is 0 Å². The van der Waals surface area contributed by atoms with Gasteiger partial charge < -0.3 is 0 Å². The fourth-order valence-electron chi connectivity index (χ4n) is 2.46. The van der Waals surface area contributed by atoms with E-state index in [9.17, 15) is 0 Å². The van der Waals surface area contributed by atoms with Crippen molar-refractivity contribution in [1.29, 1.82) is 0 Å². The zero-order valence-corrected chi connectivity index (χ0v) is 11.5. The van der Waals surface area contributed by atoms with Crippen molar-refractivity contribution in [3.63, 3.8) is 0 Å². The van der Waals surface area contributed by atoms with E-state index in [2.05, 4.69) is 41.2 Å². The molecule has 3 unspecified atom stereocenters. The molecule has 0 heteroatoms. The first-order valence-corrected chi connectivity index (χ1v) is 6.72. The van der Waals surface area contributed by atoms with Crippen LogP contribution < -0.4 is 0 Å². The molecule has 0 spiro atoms. The average Bonchev–Trinajstić information content (AvgIpc) is 2.22. The minimum atomic E-state index is 0.755. The van der Waals surface area contributed by atoms with E-state index in [0.717, 1.165) is 17.8 Å². The molecule has 0 aliphatic heterocycles. The van der Waals surface area contributed by atoms with Crippen LogP contribution in [0.2, 0.25) is 0 Å². The second-order valence-electron chi connectivity index (χ2n) is 5.16. The summed E-state index contributed by atoms with van der Waals surface area (Å²) in [4.78, 5) is 0. The summed E-state index contributed by atoms with van der Waals surface area (Å²) in [6.07, 6.45) is 6.62. The van der Waals surface area contributed by atoms with Crippen molar-refractivity contribution in [3.8, 4) is 0 Å². The molecule has 0 aromatic carbocycles. The lowest BCUT2D eigenvalue weighted by Crippen LogP contribution is -2.18. The van der Waals surface area contributed by atoms with Gasteiger partial charge in [0.05, 0.1) is 0 Å². The summed E-state index contributed by atoms with van der Waals surface area (Å²) in [6, 6.07) is 0. The van der Waals surface area contributed by atoms with Gasteiger partial charge in [0.1, 0.15) is 0 Å². The van der Waals surface area contributed by atoms with E-state index in [4.69, 9.17) is 0 Å². The first kappa shape index (κ1) is 14.7. The Bertz CT molecular complexity index is 169. The van der Waals surface area contributed by atoms with Crippen molar-refractivity contribution in [2.45, 2.75) is 66.7 Å². The van der Waals surface area contributed by atoms with Crippen LogP contribution in [0, 0.1) is 17.8 Å². The molecule has 0 saturated carbocycles. The van der Waals surface area contributed by atoms with Crippen LogP contribution in [0.3, 0.4) is 0 Å². The number of rotatable bonds is 8. The van der Waals surface area contributed by atoms with E-state index in [1.165, 1.54) is 37.7 Å². The molecule has 0 rings (SSSR count). The normalized spacial score (nSPS) is 17.1. The quantitative estimate of drug-likeness (QED) is 0.468. The lowest BCUT2D eigenvalue weighted by Gasteiger charge is -2.28. The topological polar surface area (TPSA) is 0 Å². The van der Waals surface area contributed by atoms with E-state index >= 15 is 0 Å². The van der Waals surface area contributed by atoms with Gasteiger partial charge in [-0.25, -0.2) is 0 Å². The molecule has 0 heterocycles. The molecule has 15 heavy (non-hydrogen) atoms. The molecule has 0 aromatic heterocycles. The third kappa shape index (κ3) is 5.39. The highest BCUT2D eigenvalue weighted by Gasteiger charge is 2.21. The summed E-state index contributed by atoms with van der Waals surface area (Å²) in [6.45, 7) is 15.7. The first-order valence-electron chi connectivity index (χ1n) is 6.72. The van der Waals surface area contributed by atoms with Gasteiger partial charge in [0.2, 0.25) is 0 Å². The molecular formula is C15H30. The largest absolute Gasteiger partial charge is 0.0999 e. The summed E-state index contributed by atoms with van der Waals surface area (Å²) in [5.41, 5.74) is 1.40.